The molecule has 1 aromatic heterocycles. The molecule has 4 unspecified atom stereocenters. The molecule has 1 fully saturated rings. The summed E-state index contributed by atoms with van der Waals surface area (Å²) >= 11 is 0. The molecule has 4 atom stereocenters. The highest BCUT2D eigenvalue weighted by atomic mass is 19.2. The van der Waals surface area contributed by atoms with E-state index in [9.17, 15) is 23.4 Å². The highest BCUT2D eigenvalue weighted by Crippen LogP contribution is 2.29. The van der Waals surface area contributed by atoms with Crippen molar-refractivity contribution in [1.29, 1.82) is 0 Å². The molecule has 0 spiro atoms. The minimum absolute atomic E-state index is 0.00204. The Bertz CT molecular complexity index is 719. The third kappa shape index (κ3) is 3.00. The van der Waals surface area contributed by atoms with E-state index in [-0.39, 0.29) is 17.7 Å². The number of ether oxygens (including phenoxy) is 1. The number of nitrogens with two attached hydrogens (primary N) is 1. The highest BCUT2D eigenvalue weighted by Gasteiger charge is 2.37. The van der Waals surface area contributed by atoms with E-state index in [1.807, 2.05) is 0 Å². The second kappa shape index (κ2) is 6.48. The molecule has 1 saturated heterocycles. The van der Waals surface area contributed by atoms with Gasteiger partial charge in [-0.3, -0.25) is 0 Å². The van der Waals surface area contributed by atoms with Crippen LogP contribution in [0.25, 0.3) is 11.3 Å². The van der Waals surface area contributed by atoms with Crippen molar-refractivity contribution in [1.82, 2.24) is 15.0 Å². The van der Waals surface area contributed by atoms with E-state index < -0.39 is 48.5 Å². The fourth-order valence-electron chi connectivity index (χ4n) is 2.68. The molecule has 24 heavy (non-hydrogen) atoms. The number of halogens is 3. The van der Waals surface area contributed by atoms with Crippen LogP contribution in [0.15, 0.2) is 18.3 Å². The van der Waals surface area contributed by atoms with Crippen LogP contribution in [0.2, 0.25) is 0 Å². The molecule has 0 amide bonds. The molecule has 1 aliphatic rings. The summed E-state index contributed by atoms with van der Waals surface area (Å²) in [4.78, 5) is 0. The van der Waals surface area contributed by atoms with E-state index in [0.29, 0.717) is 0 Å². The summed E-state index contributed by atoms with van der Waals surface area (Å²) in [7, 11) is 0. The molecule has 130 valence electrons. The summed E-state index contributed by atoms with van der Waals surface area (Å²) in [6, 6.07) is 0.965. The Hall–Kier alpha value is -2.01. The molecule has 0 bridgehead atoms. The van der Waals surface area contributed by atoms with Crippen LogP contribution in [0.4, 0.5) is 13.2 Å². The first kappa shape index (κ1) is 16.8. The zero-order valence-corrected chi connectivity index (χ0v) is 12.3. The lowest BCUT2D eigenvalue weighted by atomic mass is 9.98. The first-order valence-electron chi connectivity index (χ1n) is 7.17. The Morgan fingerprint density at radius 1 is 1.29 bits per heavy atom. The van der Waals surface area contributed by atoms with Crippen molar-refractivity contribution in [2.45, 2.75) is 30.9 Å². The molecule has 3 rings (SSSR count). The van der Waals surface area contributed by atoms with E-state index in [0.717, 1.165) is 12.1 Å². The van der Waals surface area contributed by atoms with Gasteiger partial charge in [-0.2, -0.15) is 0 Å². The molecule has 1 aromatic carbocycles. The minimum atomic E-state index is -1.57. The van der Waals surface area contributed by atoms with Gasteiger partial charge in [0.05, 0.1) is 18.8 Å². The van der Waals surface area contributed by atoms with Crippen molar-refractivity contribution in [3.8, 4) is 11.3 Å². The van der Waals surface area contributed by atoms with E-state index >= 15 is 0 Å². The minimum Gasteiger partial charge on any atom is -0.394 e. The normalized spacial score (nSPS) is 27.4. The largest absolute Gasteiger partial charge is 0.394 e. The standard InChI is InChI=1S/C14H15F3N4O3/c15-7-1-6(2-8(16)13(7)17)9-4-21(20-19-9)10-3-12(18)24-11(5-22)14(10)23/h1-2,4,10-12,14,22-23H,3,5,18H2. The van der Waals surface area contributed by atoms with Crippen molar-refractivity contribution >= 4 is 0 Å². The van der Waals surface area contributed by atoms with Crippen molar-refractivity contribution in [3.63, 3.8) is 0 Å². The zero-order valence-electron chi connectivity index (χ0n) is 12.3. The SMILES string of the molecule is NC1CC(n2cc(-c3cc(F)c(F)c(F)c3)nn2)C(O)C(CO)O1. The van der Waals surface area contributed by atoms with Crippen LogP contribution in [0.5, 0.6) is 0 Å². The van der Waals surface area contributed by atoms with Gasteiger partial charge in [0.15, 0.2) is 17.5 Å². The van der Waals surface area contributed by atoms with Gasteiger partial charge >= 0.3 is 0 Å². The van der Waals surface area contributed by atoms with Crippen molar-refractivity contribution in [3.05, 3.63) is 35.8 Å². The number of aromatic nitrogens is 3. The Balaban J connectivity index is 1.90. The van der Waals surface area contributed by atoms with Gasteiger partial charge in [0.25, 0.3) is 0 Å². The summed E-state index contributed by atoms with van der Waals surface area (Å²) in [5.74, 6) is -4.25. The van der Waals surface area contributed by atoms with Gasteiger partial charge in [-0.1, -0.05) is 5.21 Å². The van der Waals surface area contributed by atoms with Crippen LogP contribution >= 0.6 is 0 Å². The number of hydrogen-bond acceptors (Lipinski definition) is 6. The van der Waals surface area contributed by atoms with Gasteiger partial charge in [-0.15, -0.1) is 5.10 Å². The molecule has 4 N–H and O–H groups in total. The van der Waals surface area contributed by atoms with E-state index in [1.54, 1.807) is 0 Å². The van der Waals surface area contributed by atoms with Crippen molar-refractivity contribution in [2.75, 3.05) is 6.61 Å². The topological polar surface area (TPSA) is 106 Å². The third-order valence-corrected chi connectivity index (χ3v) is 3.91. The summed E-state index contributed by atoms with van der Waals surface area (Å²) in [6.45, 7) is -0.429. The van der Waals surface area contributed by atoms with Crippen molar-refractivity contribution in [2.24, 2.45) is 5.73 Å². The van der Waals surface area contributed by atoms with Crippen LogP contribution in [-0.2, 0) is 4.74 Å². The number of aliphatic hydroxyl groups is 2. The molecule has 2 aromatic rings. The quantitative estimate of drug-likeness (QED) is 0.693. The maximum atomic E-state index is 13.3. The van der Waals surface area contributed by atoms with Gasteiger partial charge in [-0.25, -0.2) is 17.9 Å². The van der Waals surface area contributed by atoms with E-state index in [4.69, 9.17) is 10.5 Å². The monoisotopic (exact) mass is 344 g/mol. The molecule has 2 heterocycles. The zero-order chi connectivity index (χ0) is 17.4. The average Bonchev–Trinajstić information content (AvgIpc) is 3.03. The molecule has 10 heteroatoms. The van der Waals surface area contributed by atoms with Crippen molar-refractivity contribution < 1.29 is 28.1 Å². The molecule has 0 radical (unpaired) electrons. The molecular weight excluding hydrogens is 329 g/mol. The molecular formula is C14H15F3N4O3. The predicted octanol–water partition coefficient (Wildman–Crippen LogP) is 0.330. The summed E-state index contributed by atoms with van der Waals surface area (Å²) in [6.07, 6.45) is -1.14. The lowest BCUT2D eigenvalue weighted by Crippen LogP contribution is -2.50. The summed E-state index contributed by atoms with van der Waals surface area (Å²) in [5.41, 5.74) is 5.82. The Morgan fingerprint density at radius 2 is 1.96 bits per heavy atom. The molecule has 7 nitrogen and oxygen atoms in total. The van der Waals surface area contributed by atoms with Crippen LogP contribution in [-0.4, -0.2) is 50.2 Å². The fourth-order valence-corrected chi connectivity index (χ4v) is 2.68. The van der Waals surface area contributed by atoms with Crippen LogP contribution in [0.1, 0.15) is 12.5 Å². The fraction of sp³-hybridized carbons (Fsp3) is 0.429. The van der Waals surface area contributed by atoms with E-state index in [1.165, 1.54) is 10.9 Å². The van der Waals surface area contributed by atoms with Crippen LogP contribution in [0, 0.1) is 17.5 Å². The summed E-state index contributed by atoms with van der Waals surface area (Å²) < 4.78 is 46.2. The Morgan fingerprint density at radius 3 is 2.58 bits per heavy atom. The maximum absolute atomic E-state index is 13.3. The lowest BCUT2D eigenvalue weighted by Gasteiger charge is -2.36. The van der Waals surface area contributed by atoms with Gasteiger partial charge in [0.2, 0.25) is 0 Å². The lowest BCUT2D eigenvalue weighted by molar-refractivity contribution is -0.154. The smallest absolute Gasteiger partial charge is 0.194 e. The first-order chi connectivity index (χ1) is 11.4. The first-order valence-corrected chi connectivity index (χ1v) is 7.17. The van der Waals surface area contributed by atoms with Gasteiger partial charge in [0.1, 0.15) is 24.1 Å². The average molecular weight is 344 g/mol. The number of benzene rings is 1. The molecule has 0 aliphatic carbocycles. The third-order valence-electron chi connectivity index (χ3n) is 3.91. The number of nitrogens with zero attached hydrogens (tertiary/aromatic N) is 3. The number of rotatable bonds is 3. The molecule has 0 saturated carbocycles. The second-order valence-corrected chi connectivity index (χ2v) is 5.53. The van der Waals surface area contributed by atoms with Crippen LogP contribution < -0.4 is 5.73 Å². The molecule has 1 aliphatic heterocycles. The van der Waals surface area contributed by atoms with Gasteiger partial charge in [0, 0.05) is 12.0 Å². The number of hydrogen-bond donors (Lipinski definition) is 3. The maximum Gasteiger partial charge on any atom is 0.194 e. The van der Waals surface area contributed by atoms with Gasteiger partial charge in [-0.05, 0) is 12.1 Å². The Labute approximate surface area is 134 Å². The summed E-state index contributed by atoms with van der Waals surface area (Å²) in [5, 5.41) is 27.0. The Kier molecular flexibility index (Phi) is 4.54. The van der Waals surface area contributed by atoms with Gasteiger partial charge < -0.3 is 20.7 Å². The van der Waals surface area contributed by atoms with Crippen LogP contribution in [0.3, 0.4) is 0 Å². The highest BCUT2D eigenvalue weighted by molar-refractivity contribution is 5.57. The predicted molar refractivity (Wildman–Crippen MR) is 74.9 cm³/mol. The van der Waals surface area contributed by atoms with E-state index in [2.05, 4.69) is 10.3 Å². The second-order valence-electron chi connectivity index (χ2n) is 5.53. The number of aliphatic hydroxyl groups excluding tert-OH is 2.